The second kappa shape index (κ2) is 6.08. The Labute approximate surface area is 124 Å². The summed E-state index contributed by atoms with van der Waals surface area (Å²) in [6.45, 7) is 3.62. The molecule has 3 rings (SSSR count). The summed E-state index contributed by atoms with van der Waals surface area (Å²) in [5.74, 6) is 0.788. The number of benzene rings is 1. The Morgan fingerprint density at radius 3 is 2.67 bits per heavy atom. The minimum Gasteiger partial charge on any atom is -0.357 e. The SMILES string of the molecule is CC(Nc1cnc2ccccc2n1)C(=O)N1CCCCC1. The molecule has 5 nitrogen and oxygen atoms in total. The number of likely N-dealkylation sites (tertiary alicyclic amines) is 1. The molecule has 21 heavy (non-hydrogen) atoms. The predicted octanol–water partition coefficient (Wildman–Crippen LogP) is 2.44. The van der Waals surface area contributed by atoms with Crippen LogP contribution in [0.1, 0.15) is 26.2 Å². The summed E-state index contributed by atoms with van der Waals surface area (Å²) in [5, 5.41) is 3.17. The van der Waals surface area contributed by atoms with Crippen molar-refractivity contribution in [1.29, 1.82) is 0 Å². The maximum Gasteiger partial charge on any atom is 0.244 e. The molecular formula is C16H20N4O. The molecule has 1 fully saturated rings. The van der Waals surface area contributed by atoms with Crippen molar-refractivity contribution in [2.24, 2.45) is 0 Å². The summed E-state index contributed by atoms with van der Waals surface area (Å²) in [6.07, 6.45) is 5.12. The number of carbonyl (C=O) groups is 1. The first-order valence-corrected chi connectivity index (χ1v) is 7.51. The number of rotatable bonds is 3. The number of hydrogen-bond donors (Lipinski definition) is 1. The van der Waals surface area contributed by atoms with Gasteiger partial charge < -0.3 is 10.2 Å². The Hall–Kier alpha value is -2.17. The standard InChI is InChI=1S/C16H20N4O/c1-12(16(21)20-9-5-2-6-10-20)18-15-11-17-13-7-3-4-8-14(13)19-15/h3-4,7-8,11-12H,2,5-6,9-10H2,1H3,(H,18,19). The Morgan fingerprint density at radius 1 is 1.19 bits per heavy atom. The molecule has 110 valence electrons. The molecule has 1 aromatic carbocycles. The molecule has 1 amide bonds. The van der Waals surface area contributed by atoms with Crippen LogP contribution in [0.2, 0.25) is 0 Å². The van der Waals surface area contributed by atoms with Gasteiger partial charge in [0.25, 0.3) is 0 Å². The predicted molar refractivity (Wildman–Crippen MR) is 83.1 cm³/mol. The minimum absolute atomic E-state index is 0.143. The molecule has 0 aliphatic carbocycles. The van der Waals surface area contributed by atoms with Crippen LogP contribution in [0.3, 0.4) is 0 Å². The Morgan fingerprint density at radius 2 is 1.90 bits per heavy atom. The monoisotopic (exact) mass is 284 g/mol. The van der Waals surface area contributed by atoms with E-state index in [4.69, 9.17) is 0 Å². The maximum atomic E-state index is 12.4. The molecule has 1 N–H and O–H groups in total. The van der Waals surface area contributed by atoms with Crippen molar-refractivity contribution >= 4 is 22.8 Å². The number of anilines is 1. The Kier molecular flexibility index (Phi) is 3.99. The van der Waals surface area contributed by atoms with Crippen LogP contribution >= 0.6 is 0 Å². The van der Waals surface area contributed by atoms with Gasteiger partial charge >= 0.3 is 0 Å². The van der Waals surface area contributed by atoms with E-state index in [1.807, 2.05) is 36.1 Å². The summed E-state index contributed by atoms with van der Waals surface area (Å²) in [4.78, 5) is 23.2. The van der Waals surface area contributed by atoms with E-state index in [1.165, 1.54) is 6.42 Å². The highest BCUT2D eigenvalue weighted by Crippen LogP contribution is 2.14. The third-order valence-corrected chi connectivity index (χ3v) is 3.85. The molecule has 1 aliphatic heterocycles. The van der Waals surface area contributed by atoms with Crippen LogP contribution in [0.4, 0.5) is 5.82 Å². The van der Waals surface area contributed by atoms with Gasteiger partial charge in [0.2, 0.25) is 5.91 Å². The molecule has 0 spiro atoms. The topological polar surface area (TPSA) is 58.1 Å². The fraction of sp³-hybridized carbons (Fsp3) is 0.438. The number of hydrogen-bond acceptors (Lipinski definition) is 4. The van der Waals surface area contributed by atoms with Crippen molar-refractivity contribution in [3.63, 3.8) is 0 Å². The highest BCUT2D eigenvalue weighted by atomic mass is 16.2. The summed E-state index contributed by atoms with van der Waals surface area (Å²) in [7, 11) is 0. The smallest absolute Gasteiger partial charge is 0.244 e. The maximum absolute atomic E-state index is 12.4. The summed E-state index contributed by atoms with van der Waals surface area (Å²) >= 11 is 0. The second-order valence-electron chi connectivity index (χ2n) is 5.50. The van der Waals surface area contributed by atoms with E-state index in [1.54, 1.807) is 6.20 Å². The lowest BCUT2D eigenvalue weighted by Crippen LogP contribution is -2.44. The van der Waals surface area contributed by atoms with Crippen LogP contribution in [0, 0.1) is 0 Å². The molecular weight excluding hydrogens is 264 g/mol. The summed E-state index contributed by atoms with van der Waals surface area (Å²) in [5.41, 5.74) is 1.69. The van der Waals surface area contributed by atoms with E-state index in [-0.39, 0.29) is 11.9 Å². The fourth-order valence-electron chi connectivity index (χ4n) is 2.70. The zero-order valence-corrected chi connectivity index (χ0v) is 12.2. The van der Waals surface area contributed by atoms with Crippen LogP contribution in [0.15, 0.2) is 30.5 Å². The molecule has 1 saturated heterocycles. The van der Waals surface area contributed by atoms with Crippen LogP contribution < -0.4 is 5.32 Å². The van der Waals surface area contributed by atoms with Crippen LogP contribution in [-0.2, 0) is 4.79 Å². The van der Waals surface area contributed by atoms with Gasteiger partial charge in [-0.2, -0.15) is 0 Å². The van der Waals surface area contributed by atoms with Gasteiger partial charge in [-0.05, 0) is 38.3 Å². The van der Waals surface area contributed by atoms with Crippen molar-refractivity contribution in [3.05, 3.63) is 30.5 Å². The fourth-order valence-corrected chi connectivity index (χ4v) is 2.70. The van der Waals surface area contributed by atoms with Gasteiger partial charge in [-0.3, -0.25) is 9.78 Å². The number of aromatic nitrogens is 2. The Balaban J connectivity index is 1.70. The Bertz CT molecular complexity index is 637. The first kappa shape index (κ1) is 13.8. The third kappa shape index (κ3) is 3.12. The van der Waals surface area contributed by atoms with Crippen LogP contribution in [0.5, 0.6) is 0 Å². The van der Waals surface area contributed by atoms with E-state index < -0.39 is 0 Å². The quantitative estimate of drug-likeness (QED) is 0.940. The largest absolute Gasteiger partial charge is 0.357 e. The highest BCUT2D eigenvalue weighted by Gasteiger charge is 2.22. The van der Waals surface area contributed by atoms with Crippen molar-refractivity contribution in [3.8, 4) is 0 Å². The molecule has 0 bridgehead atoms. The molecule has 0 radical (unpaired) electrons. The van der Waals surface area contributed by atoms with Crippen molar-refractivity contribution in [1.82, 2.24) is 14.9 Å². The number of carbonyl (C=O) groups excluding carboxylic acids is 1. The van der Waals surface area contributed by atoms with Gasteiger partial charge in [0.1, 0.15) is 11.9 Å². The van der Waals surface area contributed by atoms with E-state index in [0.717, 1.165) is 37.0 Å². The van der Waals surface area contributed by atoms with Gasteiger partial charge in [0.15, 0.2) is 0 Å². The van der Waals surface area contributed by atoms with Gasteiger partial charge in [0.05, 0.1) is 17.2 Å². The van der Waals surface area contributed by atoms with Gasteiger partial charge in [-0.25, -0.2) is 4.98 Å². The molecule has 5 heteroatoms. The molecule has 1 unspecified atom stereocenters. The number of nitrogens with zero attached hydrogens (tertiary/aromatic N) is 3. The third-order valence-electron chi connectivity index (χ3n) is 3.85. The van der Waals surface area contributed by atoms with E-state index in [9.17, 15) is 4.79 Å². The molecule has 2 heterocycles. The zero-order valence-electron chi connectivity index (χ0n) is 12.2. The lowest BCUT2D eigenvalue weighted by atomic mass is 10.1. The number of fused-ring (bicyclic) bond motifs is 1. The summed E-state index contributed by atoms with van der Waals surface area (Å²) < 4.78 is 0. The van der Waals surface area contributed by atoms with Crippen molar-refractivity contribution in [2.75, 3.05) is 18.4 Å². The average Bonchev–Trinajstić information content (AvgIpc) is 2.55. The normalized spacial score (nSPS) is 16.7. The van der Waals surface area contributed by atoms with Gasteiger partial charge in [-0.1, -0.05) is 12.1 Å². The minimum atomic E-state index is -0.279. The van der Waals surface area contributed by atoms with Crippen LogP contribution in [0.25, 0.3) is 11.0 Å². The van der Waals surface area contributed by atoms with Crippen molar-refractivity contribution < 1.29 is 4.79 Å². The molecule has 1 aromatic heterocycles. The first-order valence-electron chi connectivity index (χ1n) is 7.51. The highest BCUT2D eigenvalue weighted by molar-refractivity contribution is 5.84. The lowest BCUT2D eigenvalue weighted by molar-refractivity contribution is -0.132. The summed E-state index contributed by atoms with van der Waals surface area (Å²) in [6, 6.07) is 7.44. The van der Waals surface area contributed by atoms with Crippen molar-refractivity contribution in [2.45, 2.75) is 32.2 Å². The van der Waals surface area contributed by atoms with Crippen LogP contribution in [-0.4, -0.2) is 39.9 Å². The average molecular weight is 284 g/mol. The lowest BCUT2D eigenvalue weighted by Gasteiger charge is -2.29. The first-order chi connectivity index (χ1) is 10.2. The molecule has 1 aliphatic rings. The van der Waals surface area contributed by atoms with Gasteiger partial charge in [0, 0.05) is 13.1 Å². The number of nitrogens with one attached hydrogen (secondary N) is 1. The van der Waals surface area contributed by atoms with E-state index in [0.29, 0.717) is 5.82 Å². The number of para-hydroxylation sites is 2. The number of amides is 1. The number of piperidine rings is 1. The second-order valence-corrected chi connectivity index (χ2v) is 5.50. The van der Waals surface area contributed by atoms with Gasteiger partial charge in [-0.15, -0.1) is 0 Å². The van der Waals surface area contributed by atoms with E-state index >= 15 is 0 Å². The molecule has 1 atom stereocenters. The molecule has 2 aromatic rings. The zero-order chi connectivity index (χ0) is 14.7. The molecule has 0 saturated carbocycles. The van der Waals surface area contributed by atoms with E-state index in [2.05, 4.69) is 15.3 Å².